The Labute approximate surface area is 180 Å². The van der Waals surface area contributed by atoms with Crippen molar-refractivity contribution in [3.05, 3.63) is 26.6 Å². The van der Waals surface area contributed by atoms with E-state index in [9.17, 15) is 9.59 Å². The van der Waals surface area contributed by atoms with Crippen LogP contribution in [0.5, 0.6) is 0 Å². The zero-order valence-electron chi connectivity index (χ0n) is 17.5. The summed E-state index contributed by atoms with van der Waals surface area (Å²) in [5, 5.41) is 0.564. The fourth-order valence-corrected chi connectivity index (χ4v) is 6.33. The molecule has 0 aromatic carbocycles. The third kappa shape index (κ3) is 4.39. The number of aromatic nitrogens is 2. The molecule has 1 N–H and O–H groups in total. The van der Waals surface area contributed by atoms with Gasteiger partial charge in [0.25, 0.3) is 5.56 Å². The Balaban J connectivity index is 1.38. The molecule has 1 amide bonds. The van der Waals surface area contributed by atoms with Gasteiger partial charge < -0.3 is 14.8 Å². The summed E-state index contributed by atoms with van der Waals surface area (Å²) in [6.07, 6.45) is 4.78. The molecule has 6 nitrogen and oxygen atoms in total. The number of thiophene rings is 1. The predicted octanol–water partition coefficient (Wildman–Crippen LogP) is 3.31. The maximum Gasteiger partial charge on any atom is 0.259 e. The molecule has 2 saturated heterocycles. The lowest BCUT2D eigenvalue weighted by atomic mass is 10.2. The Morgan fingerprint density at radius 2 is 2.03 bits per heavy atom. The number of thioether (sulfide) groups is 1. The minimum Gasteiger partial charge on any atom is -0.337 e. The quantitative estimate of drug-likeness (QED) is 0.755. The Hall–Kier alpha value is -1.38. The van der Waals surface area contributed by atoms with E-state index in [0.29, 0.717) is 23.0 Å². The van der Waals surface area contributed by atoms with E-state index in [4.69, 9.17) is 0 Å². The number of aromatic amines is 1. The van der Waals surface area contributed by atoms with Crippen molar-refractivity contribution in [1.82, 2.24) is 19.8 Å². The van der Waals surface area contributed by atoms with E-state index in [2.05, 4.69) is 19.8 Å². The molecule has 2 aromatic heterocycles. The van der Waals surface area contributed by atoms with Crippen molar-refractivity contribution in [1.29, 1.82) is 0 Å². The minimum absolute atomic E-state index is 0.0725. The summed E-state index contributed by atoms with van der Waals surface area (Å²) in [7, 11) is 0. The van der Waals surface area contributed by atoms with Gasteiger partial charge in [0, 0.05) is 24.0 Å². The molecule has 158 valence electrons. The number of nitrogens with zero attached hydrogens (tertiary/aromatic N) is 3. The van der Waals surface area contributed by atoms with Crippen molar-refractivity contribution in [3.8, 4) is 0 Å². The molecule has 0 radical (unpaired) electrons. The number of nitrogens with one attached hydrogen (secondary N) is 1. The molecule has 2 atom stereocenters. The molecule has 2 aliphatic heterocycles. The average Bonchev–Trinajstić information content (AvgIpc) is 3.42. The van der Waals surface area contributed by atoms with Gasteiger partial charge in [-0.15, -0.1) is 23.1 Å². The molecule has 0 spiro atoms. The Kier molecular flexibility index (Phi) is 6.32. The smallest absolute Gasteiger partial charge is 0.259 e. The fraction of sp³-hybridized carbons (Fsp3) is 0.667. The zero-order chi connectivity index (χ0) is 20.5. The first-order valence-electron chi connectivity index (χ1n) is 10.6. The molecular weight excluding hydrogens is 404 g/mol. The lowest BCUT2D eigenvalue weighted by Gasteiger charge is -2.30. The molecule has 4 rings (SSSR count). The fourth-order valence-electron chi connectivity index (χ4n) is 4.46. The number of hydrogen-bond acceptors (Lipinski definition) is 6. The van der Waals surface area contributed by atoms with Crippen LogP contribution in [-0.2, 0) is 10.5 Å². The largest absolute Gasteiger partial charge is 0.337 e. The van der Waals surface area contributed by atoms with Crippen LogP contribution in [-0.4, -0.2) is 63.1 Å². The Morgan fingerprint density at radius 3 is 2.79 bits per heavy atom. The minimum atomic E-state index is -0.137. The van der Waals surface area contributed by atoms with E-state index < -0.39 is 0 Å². The number of fused-ring (bicyclic) bond motifs is 1. The van der Waals surface area contributed by atoms with Crippen molar-refractivity contribution < 1.29 is 4.79 Å². The SMILES string of the molecule is Cc1sc2nc(CSC(C)C(=O)N3CCCC3CN3CCCC3)[nH]c(=O)c2c1C. The molecule has 29 heavy (non-hydrogen) atoms. The van der Waals surface area contributed by atoms with E-state index in [1.807, 2.05) is 20.8 Å². The average molecular weight is 435 g/mol. The highest BCUT2D eigenvalue weighted by molar-refractivity contribution is 7.99. The van der Waals surface area contributed by atoms with Gasteiger partial charge in [-0.2, -0.15) is 0 Å². The molecule has 4 heterocycles. The van der Waals surface area contributed by atoms with Crippen LogP contribution in [0.15, 0.2) is 4.79 Å². The van der Waals surface area contributed by atoms with Gasteiger partial charge in [-0.05, 0) is 65.1 Å². The van der Waals surface area contributed by atoms with Crippen molar-refractivity contribution in [2.24, 2.45) is 0 Å². The summed E-state index contributed by atoms with van der Waals surface area (Å²) < 4.78 is 0. The van der Waals surface area contributed by atoms with Gasteiger partial charge in [-0.1, -0.05) is 0 Å². The van der Waals surface area contributed by atoms with Crippen LogP contribution in [0.3, 0.4) is 0 Å². The second-order valence-electron chi connectivity index (χ2n) is 8.26. The molecule has 2 aliphatic rings. The van der Waals surface area contributed by atoms with Crippen LogP contribution in [0.4, 0.5) is 0 Å². The lowest BCUT2D eigenvalue weighted by Crippen LogP contribution is -2.45. The third-order valence-electron chi connectivity index (χ3n) is 6.23. The summed E-state index contributed by atoms with van der Waals surface area (Å²) in [6.45, 7) is 10.2. The van der Waals surface area contributed by atoms with Gasteiger partial charge in [0.15, 0.2) is 0 Å². The summed E-state index contributed by atoms with van der Waals surface area (Å²) in [5.74, 6) is 1.42. The molecule has 0 saturated carbocycles. The van der Waals surface area contributed by atoms with E-state index >= 15 is 0 Å². The zero-order valence-corrected chi connectivity index (χ0v) is 19.1. The van der Waals surface area contributed by atoms with Gasteiger partial charge in [0.05, 0.1) is 16.4 Å². The second kappa shape index (κ2) is 8.78. The molecule has 2 aromatic rings. The maximum atomic E-state index is 13.1. The number of hydrogen-bond donors (Lipinski definition) is 1. The number of likely N-dealkylation sites (tertiary alicyclic amines) is 2. The maximum absolute atomic E-state index is 13.1. The normalized spacial score (nSPS) is 21.3. The first kappa shape index (κ1) is 20.9. The number of amides is 1. The van der Waals surface area contributed by atoms with Crippen LogP contribution < -0.4 is 5.56 Å². The molecule has 0 bridgehead atoms. The number of rotatable bonds is 6. The first-order chi connectivity index (χ1) is 13.9. The second-order valence-corrected chi connectivity index (χ2v) is 10.8. The van der Waals surface area contributed by atoms with E-state index in [1.54, 1.807) is 23.1 Å². The van der Waals surface area contributed by atoms with E-state index in [0.717, 1.165) is 41.2 Å². The molecule has 2 fully saturated rings. The van der Waals surface area contributed by atoms with E-state index in [-0.39, 0.29) is 16.7 Å². The van der Waals surface area contributed by atoms with Gasteiger partial charge >= 0.3 is 0 Å². The van der Waals surface area contributed by atoms with Crippen LogP contribution in [0, 0.1) is 13.8 Å². The number of H-pyrrole nitrogens is 1. The summed E-state index contributed by atoms with van der Waals surface area (Å²) in [6, 6.07) is 0.356. The Bertz CT molecular complexity index is 948. The molecular formula is C21H30N4O2S2. The van der Waals surface area contributed by atoms with Crippen molar-refractivity contribution in [2.45, 2.75) is 63.5 Å². The summed E-state index contributed by atoms with van der Waals surface area (Å²) in [5.41, 5.74) is 0.941. The van der Waals surface area contributed by atoms with Crippen LogP contribution >= 0.6 is 23.1 Å². The first-order valence-corrected chi connectivity index (χ1v) is 12.4. The number of carbonyl (C=O) groups excluding carboxylic acids is 1. The van der Waals surface area contributed by atoms with Gasteiger partial charge in [0.2, 0.25) is 5.91 Å². The van der Waals surface area contributed by atoms with Crippen LogP contribution in [0.1, 0.15) is 48.9 Å². The molecule has 8 heteroatoms. The van der Waals surface area contributed by atoms with Gasteiger partial charge in [-0.25, -0.2) is 4.98 Å². The highest BCUT2D eigenvalue weighted by Crippen LogP contribution is 2.28. The summed E-state index contributed by atoms with van der Waals surface area (Å²) in [4.78, 5) is 39.6. The van der Waals surface area contributed by atoms with Crippen molar-refractivity contribution in [3.63, 3.8) is 0 Å². The predicted molar refractivity (Wildman–Crippen MR) is 121 cm³/mol. The van der Waals surface area contributed by atoms with Crippen LogP contribution in [0.2, 0.25) is 0 Å². The van der Waals surface area contributed by atoms with Crippen molar-refractivity contribution in [2.75, 3.05) is 26.2 Å². The number of aryl methyl sites for hydroxylation is 2. The standard InChI is InChI=1S/C21H30N4O2S2/c1-13-14(2)29-20-18(13)19(26)22-17(23-20)12-28-15(3)21(27)25-10-6-7-16(25)11-24-8-4-5-9-24/h15-16H,4-12H2,1-3H3,(H,22,23,26). The van der Waals surface area contributed by atoms with Crippen LogP contribution in [0.25, 0.3) is 10.2 Å². The topological polar surface area (TPSA) is 69.3 Å². The lowest BCUT2D eigenvalue weighted by molar-refractivity contribution is -0.131. The van der Waals surface area contributed by atoms with Gasteiger partial charge in [0.1, 0.15) is 10.7 Å². The van der Waals surface area contributed by atoms with Crippen molar-refractivity contribution >= 4 is 39.2 Å². The molecule has 2 unspecified atom stereocenters. The highest BCUT2D eigenvalue weighted by atomic mass is 32.2. The summed E-state index contributed by atoms with van der Waals surface area (Å²) >= 11 is 3.13. The highest BCUT2D eigenvalue weighted by Gasteiger charge is 2.33. The molecule has 0 aliphatic carbocycles. The third-order valence-corrected chi connectivity index (χ3v) is 8.48. The van der Waals surface area contributed by atoms with Gasteiger partial charge in [-0.3, -0.25) is 9.59 Å². The number of carbonyl (C=O) groups is 1. The van der Waals surface area contributed by atoms with E-state index in [1.165, 1.54) is 25.9 Å². The monoisotopic (exact) mass is 434 g/mol. The Morgan fingerprint density at radius 1 is 1.28 bits per heavy atom.